The predicted molar refractivity (Wildman–Crippen MR) is 102 cm³/mol. The van der Waals surface area contributed by atoms with Crippen LogP contribution >= 0.6 is 0 Å². The summed E-state index contributed by atoms with van der Waals surface area (Å²) < 4.78 is 27.8. The lowest BCUT2D eigenvalue weighted by Gasteiger charge is -2.19. The lowest BCUT2D eigenvalue weighted by molar-refractivity contribution is -0.385. The van der Waals surface area contributed by atoms with Gasteiger partial charge in [0.25, 0.3) is 15.7 Å². The smallest absolute Gasteiger partial charge is 0.269 e. The molecule has 0 aliphatic rings. The molecule has 0 aliphatic carbocycles. The quantitative estimate of drug-likeness (QED) is 0.576. The highest BCUT2D eigenvalue weighted by molar-refractivity contribution is 7.92. The van der Waals surface area contributed by atoms with Crippen LogP contribution < -0.4 is 4.72 Å². The van der Waals surface area contributed by atoms with Crippen molar-refractivity contribution in [1.82, 2.24) is 4.90 Å². The van der Waals surface area contributed by atoms with Crippen LogP contribution in [0.1, 0.15) is 25.0 Å². The summed E-state index contributed by atoms with van der Waals surface area (Å²) in [5, 5.41) is 10.8. The van der Waals surface area contributed by atoms with Gasteiger partial charge in [0.1, 0.15) is 0 Å². The maximum atomic E-state index is 12.7. The third-order valence-corrected chi connectivity index (χ3v) is 5.58. The van der Waals surface area contributed by atoms with Crippen molar-refractivity contribution in [2.24, 2.45) is 0 Å². The van der Waals surface area contributed by atoms with Gasteiger partial charge in [0, 0.05) is 37.8 Å². The lowest BCUT2D eigenvalue weighted by Crippen LogP contribution is -2.27. The zero-order valence-electron chi connectivity index (χ0n) is 15.3. The number of sulfonamides is 1. The Labute approximate surface area is 158 Å². The number of benzene rings is 2. The second-order valence-electron chi connectivity index (χ2n) is 6.05. The van der Waals surface area contributed by atoms with E-state index in [1.54, 1.807) is 29.2 Å². The number of carbonyl (C=O) groups excluding carboxylic acids is 1. The van der Waals surface area contributed by atoms with Gasteiger partial charge in [0.2, 0.25) is 5.91 Å². The number of nitrogens with zero attached hydrogens (tertiary/aromatic N) is 2. The maximum absolute atomic E-state index is 12.7. The van der Waals surface area contributed by atoms with Crippen molar-refractivity contribution in [2.75, 3.05) is 11.3 Å². The van der Waals surface area contributed by atoms with Crippen molar-refractivity contribution < 1.29 is 18.1 Å². The zero-order chi connectivity index (χ0) is 20.2. The van der Waals surface area contributed by atoms with Crippen LogP contribution in [0.3, 0.4) is 0 Å². The van der Waals surface area contributed by atoms with Gasteiger partial charge in [-0.3, -0.25) is 19.6 Å². The van der Waals surface area contributed by atoms with E-state index in [0.29, 0.717) is 18.8 Å². The minimum absolute atomic E-state index is 0.0302. The number of anilines is 1. The first-order chi connectivity index (χ1) is 12.6. The first-order valence-electron chi connectivity index (χ1n) is 8.26. The number of aryl methyl sites for hydroxylation is 1. The summed E-state index contributed by atoms with van der Waals surface area (Å²) in [6, 6.07) is 10.4. The topological polar surface area (TPSA) is 110 Å². The summed E-state index contributed by atoms with van der Waals surface area (Å²) in [6.45, 7) is 5.77. The number of amides is 1. The molecule has 1 N–H and O–H groups in total. The molecule has 9 heteroatoms. The minimum atomic E-state index is -3.91. The summed E-state index contributed by atoms with van der Waals surface area (Å²) in [5.41, 5.74) is 1.25. The summed E-state index contributed by atoms with van der Waals surface area (Å²) in [4.78, 5) is 23.4. The molecule has 0 radical (unpaired) electrons. The van der Waals surface area contributed by atoms with Gasteiger partial charge in [-0.1, -0.05) is 12.1 Å². The monoisotopic (exact) mass is 391 g/mol. The van der Waals surface area contributed by atoms with Gasteiger partial charge < -0.3 is 4.90 Å². The molecule has 0 unspecified atom stereocenters. The van der Waals surface area contributed by atoms with Crippen LogP contribution in [0.2, 0.25) is 0 Å². The highest BCUT2D eigenvalue weighted by Crippen LogP contribution is 2.24. The summed E-state index contributed by atoms with van der Waals surface area (Å²) >= 11 is 0. The maximum Gasteiger partial charge on any atom is 0.269 e. The standard InChI is InChI=1S/C18H21N3O5S/c1-4-20(14(3)22)12-15-6-5-7-16(11-15)19-27(25,26)18-9-8-17(21(23)24)10-13(18)2/h5-11,19H,4,12H2,1-3H3. The molecule has 1 amide bonds. The first-order valence-corrected chi connectivity index (χ1v) is 9.74. The number of nitrogens with one attached hydrogen (secondary N) is 1. The molecular formula is C18H21N3O5S. The molecule has 0 aromatic heterocycles. The molecule has 0 fully saturated rings. The van der Waals surface area contributed by atoms with E-state index in [1.807, 2.05) is 6.92 Å². The van der Waals surface area contributed by atoms with Crippen molar-refractivity contribution in [3.05, 3.63) is 63.7 Å². The highest BCUT2D eigenvalue weighted by Gasteiger charge is 2.19. The number of non-ortho nitro benzene ring substituents is 1. The van der Waals surface area contributed by atoms with Crippen molar-refractivity contribution in [1.29, 1.82) is 0 Å². The third kappa shape index (κ3) is 5.04. The Morgan fingerprint density at radius 1 is 1.22 bits per heavy atom. The number of hydrogen-bond acceptors (Lipinski definition) is 5. The van der Waals surface area contributed by atoms with E-state index in [4.69, 9.17) is 0 Å². The minimum Gasteiger partial charge on any atom is -0.339 e. The second kappa shape index (κ2) is 8.17. The highest BCUT2D eigenvalue weighted by atomic mass is 32.2. The Balaban J connectivity index is 2.27. The van der Waals surface area contributed by atoms with Crippen molar-refractivity contribution in [3.63, 3.8) is 0 Å². The molecule has 0 heterocycles. The number of carbonyl (C=O) groups is 1. The molecule has 27 heavy (non-hydrogen) atoms. The molecule has 2 aromatic rings. The summed E-state index contributed by atoms with van der Waals surface area (Å²) in [7, 11) is -3.91. The third-order valence-electron chi connectivity index (χ3n) is 4.04. The van der Waals surface area contributed by atoms with E-state index in [2.05, 4.69) is 4.72 Å². The van der Waals surface area contributed by atoms with Gasteiger partial charge in [-0.25, -0.2) is 8.42 Å². The van der Waals surface area contributed by atoms with Crippen LogP contribution in [0, 0.1) is 17.0 Å². The molecule has 2 rings (SSSR count). The van der Waals surface area contributed by atoms with E-state index < -0.39 is 14.9 Å². The summed E-state index contributed by atoms with van der Waals surface area (Å²) in [5.74, 6) is -0.0648. The predicted octanol–water partition coefficient (Wildman–Crippen LogP) is 3.07. The number of hydrogen-bond donors (Lipinski definition) is 1. The Bertz CT molecular complexity index is 973. The normalized spacial score (nSPS) is 11.1. The van der Waals surface area contributed by atoms with E-state index in [1.165, 1.54) is 26.0 Å². The van der Waals surface area contributed by atoms with Crippen molar-refractivity contribution in [3.8, 4) is 0 Å². The van der Waals surface area contributed by atoms with Crippen LogP contribution in [-0.2, 0) is 21.4 Å². The molecule has 8 nitrogen and oxygen atoms in total. The Hall–Kier alpha value is -2.94. The van der Waals surface area contributed by atoms with Crippen LogP contribution in [0.25, 0.3) is 0 Å². The van der Waals surface area contributed by atoms with Gasteiger partial charge in [-0.2, -0.15) is 0 Å². The molecule has 0 aliphatic heterocycles. The fourth-order valence-corrected chi connectivity index (χ4v) is 3.94. The van der Waals surface area contributed by atoms with E-state index >= 15 is 0 Å². The van der Waals surface area contributed by atoms with Crippen LogP contribution in [0.5, 0.6) is 0 Å². The molecule has 0 spiro atoms. The van der Waals surface area contributed by atoms with Gasteiger partial charge in [0.15, 0.2) is 0 Å². The summed E-state index contributed by atoms with van der Waals surface area (Å²) in [6.07, 6.45) is 0. The average Bonchev–Trinajstić information content (AvgIpc) is 2.58. The van der Waals surface area contributed by atoms with Crippen LogP contribution in [0.4, 0.5) is 11.4 Å². The Kier molecular flexibility index (Phi) is 6.17. The molecule has 0 saturated heterocycles. The van der Waals surface area contributed by atoms with Gasteiger partial charge in [-0.05, 0) is 43.2 Å². The van der Waals surface area contributed by atoms with Crippen molar-refractivity contribution in [2.45, 2.75) is 32.2 Å². The van der Waals surface area contributed by atoms with Gasteiger partial charge in [-0.15, -0.1) is 0 Å². The molecule has 0 atom stereocenters. The zero-order valence-corrected chi connectivity index (χ0v) is 16.1. The number of rotatable bonds is 7. The van der Waals surface area contributed by atoms with Gasteiger partial charge in [0.05, 0.1) is 9.82 Å². The molecule has 0 bridgehead atoms. The number of nitro groups is 1. The first kappa shape index (κ1) is 20.4. The molecule has 144 valence electrons. The lowest BCUT2D eigenvalue weighted by atomic mass is 10.2. The number of nitro benzene ring substituents is 1. The van der Waals surface area contributed by atoms with E-state index in [0.717, 1.165) is 11.6 Å². The van der Waals surface area contributed by atoms with Crippen LogP contribution in [0.15, 0.2) is 47.4 Å². The average molecular weight is 391 g/mol. The second-order valence-corrected chi connectivity index (χ2v) is 7.70. The van der Waals surface area contributed by atoms with E-state index in [9.17, 15) is 23.3 Å². The fraction of sp³-hybridized carbons (Fsp3) is 0.278. The molecule has 0 saturated carbocycles. The largest absolute Gasteiger partial charge is 0.339 e. The van der Waals surface area contributed by atoms with Gasteiger partial charge >= 0.3 is 0 Å². The Morgan fingerprint density at radius 3 is 2.48 bits per heavy atom. The van der Waals surface area contributed by atoms with Crippen LogP contribution in [-0.4, -0.2) is 30.7 Å². The Morgan fingerprint density at radius 2 is 1.93 bits per heavy atom. The fourth-order valence-electron chi connectivity index (χ4n) is 2.66. The molecular weight excluding hydrogens is 370 g/mol. The SMILES string of the molecule is CCN(Cc1cccc(NS(=O)(=O)c2ccc([N+](=O)[O-])cc2C)c1)C(C)=O. The molecule has 2 aromatic carbocycles. The van der Waals surface area contributed by atoms with Crippen molar-refractivity contribution >= 4 is 27.3 Å². The van der Waals surface area contributed by atoms with E-state index in [-0.39, 0.29) is 22.1 Å².